The monoisotopic (exact) mass is 244 g/mol. The Bertz CT molecular complexity index is 519. The normalized spacial score (nSPS) is 24.3. The smallest absolute Gasteiger partial charge is 0.157 e. The van der Waals surface area contributed by atoms with E-state index in [1.165, 1.54) is 32.1 Å². The van der Waals surface area contributed by atoms with Crippen LogP contribution in [-0.4, -0.2) is 20.6 Å². The molecule has 2 unspecified atom stereocenters. The Kier molecular flexibility index (Phi) is 3.17. The molecule has 4 nitrogen and oxygen atoms in total. The molecule has 2 heterocycles. The number of hydrogen-bond acceptors (Lipinski definition) is 3. The Labute approximate surface area is 107 Å². The Morgan fingerprint density at radius 2 is 2.33 bits per heavy atom. The summed E-state index contributed by atoms with van der Waals surface area (Å²) < 4.78 is 1.79. The number of rotatable bonds is 3. The number of nitrogens with zero attached hydrogens (tertiary/aromatic N) is 3. The summed E-state index contributed by atoms with van der Waals surface area (Å²) in [7, 11) is 0. The van der Waals surface area contributed by atoms with Crippen molar-refractivity contribution in [2.75, 3.05) is 5.32 Å². The van der Waals surface area contributed by atoms with Gasteiger partial charge in [-0.25, -0.2) is 9.50 Å². The van der Waals surface area contributed by atoms with Gasteiger partial charge in [0.25, 0.3) is 0 Å². The minimum atomic E-state index is 0.585. The maximum Gasteiger partial charge on any atom is 0.157 e. The van der Waals surface area contributed by atoms with Crippen molar-refractivity contribution in [1.29, 1.82) is 0 Å². The number of nitrogens with one attached hydrogen (secondary N) is 1. The molecular formula is C14H20N4. The predicted octanol–water partition coefficient (Wildman–Crippen LogP) is 3.11. The summed E-state index contributed by atoms with van der Waals surface area (Å²) in [5, 5.41) is 7.73. The van der Waals surface area contributed by atoms with Crippen molar-refractivity contribution >= 4 is 11.5 Å². The highest BCUT2D eigenvalue weighted by Gasteiger charge is 2.20. The van der Waals surface area contributed by atoms with Gasteiger partial charge < -0.3 is 5.32 Å². The maximum absolute atomic E-state index is 4.57. The summed E-state index contributed by atoms with van der Waals surface area (Å²) in [5.41, 5.74) is 0.905. The summed E-state index contributed by atoms with van der Waals surface area (Å²) in [6.45, 7) is 2.30. The highest BCUT2D eigenvalue weighted by atomic mass is 15.2. The molecule has 0 amide bonds. The number of fused-ring (bicyclic) bond motifs is 1. The van der Waals surface area contributed by atoms with Crippen LogP contribution in [0.1, 0.15) is 39.0 Å². The van der Waals surface area contributed by atoms with Crippen molar-refractivity contribution in [2.24, 2.45) is 5.92 Å². The summed E-state index contributed by atoms with van der Waals surface area (Å²) in [6.07, 6.45) is 10.3. The zero-order chi connectivity index (χ0) is 12.4. The average Bonchev–Trinajstić information content (AvgIpc) is 2.86. The molecule has 2 aromatic heterocycles. The van der Waals surface area contributed by atoms with E-state index in [1.54, 1.807) is 10.7 Å². The van der Waals surface area contributed by atoms with E-state index >= 15 is 0 Å². The second kappa shape index (κ2) is 4.96. The molecule has 0 saturated heterocycles. The Morgan fingerprint density at radius 3 is 3.22 bits per heavy atom. The summed E-state index contributed by atoms with van der Waals surface area (Å²) in [5.74, 6) is 1.86. The zero-order valence-electron chi connectivity index (χ0n) is 10.8. The standard InChI is InChI=1S/C14H20N4/c1-2-11-4-3-5-12(10-11)16-13-7-9-18-14(17-13)6-8-15-18/h6-9,11-12H,2-5,10H2,1H3,(H,16,17). The molecular weight excluding hydrogens is 224 g/mol. The van der Waals surface area contributed by atoms with E-state index in [-0.39, 0.29) is 0 Å². The molecule has 1 N–H and O–H groups in total. The quantitative estimate of drug-likeness (QED) is 0.902. The van der Waals surface area contributed by atoms with E-state index in [9.17, 15) is 0 Å². The first kappa shape index (κ1) is 11.5. The van der Waals surface area contributed by atoms with Crippen LogP contribution in [0.5, 0.6) is 0 Å². The lowest BCUT2D eigenvalue weighted by molar-refractivity contribution is 0.327. The largest absolute Gasteiger partial charge is 0.367 e. The van der Waals surface area contributed by atoms with Gasteiger partial charge in [0.1, 0.15) is 5.82 Å². The number of hydrogen-bond donors (Lipinski definition) is 1. The minimum Gasteiger partial charge on any atom is -0.367 e. The molecule has 0 aliphatic heterocycles. The fraction of sp³-hybridized carbons (Fsp3) is 0.571. The molecule has 1 aliphatic rings. The lowest BCUT2D eigenvalue weighted by Gasteiger charge is -2.29. The van der Waals surface area contributed by atoms with Crippen molar-refractivity contribution < 1.29 is 0 Å². The second-order valence-electron chi connectivity index (χ2n) is 5.23. The maximum atomic E-state index is 4.57. The molecule has 1 fully saturated rings. The van der Waals surface area contributed by atoms with Crippen molar-refractivity contribution in [2.45, 2.75) is 45.1 Å². The van der Waals surface area contributed by atoms with Crippen molar-refractivity contribution in [3.63, 3.8) is 0 Å². The molecule has 0 bridgehead atoms. The summed E-state index contributed by atoms with van der Waals surface area (Å²) in [4.78, 5) is 4.57. The van der Waals surface area contributed by atoms with E-state index in [2.05, 4.69) is 22.3 Å². The lowest BCUT2D eigenvalue weighted by Crippen LogP contribution is -2.27. The van der Waals surface area contributed by atoms with Gasteiger partial charge >= 0.3 is 0 Å². The van der Waals surface area contributed by atoms with Crippen LogP contribution < -0.4 is 5.32 Å². The van der Waals surface area contributed by atoms with Gasteiger partial charge in [-0.15, -0.1) is 0 Å². The van der Waals surface area contributed by atoms with E-state index in [0.717, 1.165) is 17.4 Å². The highest BCUT2D eigenvalue weighted by Crippen LogP contribution is 2.28. The number of anilines is 1. The van der Waals surface area contributed by atoms with Gasteiger partial charge in [-0.1, -0.05) is 26.2 Å². The Balaban J connectivity index is 1.71. The van der Waals surface area contributed by atoms with E-state index in [0.29, 0.717) is 6.04 Å². The summed E-state index contributed by atoms with van der Waals surface area (Å²) in [6, 6.07) is 4.53. The topological polar surface area (TPSA) is 42.2 Å². The van der Waals surface area contributed by atoms with Gasteiger partial charge in [0.15, 0.2) is 5.65 Å². The lowest BCUT2D eigenvalue weighted by atomic mass is 9.84. The average molecular weight is 244 g/mol. The van der Waals surface area contributed by atoms with Gasteiger partial charge in [0, 0.05) is 18.3 Å². The molecule has 2 atom stereocenters. The van der Waals surface area contributed by atoms with Crippen LogP contribution in [0.15, 0.2) is 24.5 Å². The van der Waals surface area contributed by atoms with Gasteiger partial charge in [0.2, 0.25) is 0 Å². The third-order valence-electron chi connectivity index (χ3n) is 3.97. The van der Waals surface area contributed by atoms with Crippen molar-refractivity contribution in [3.05, 3.63) is 24.5 Å². The minimum absolute atomic E-state index is 0.585. The first-order valence-corrected chi connectivity index (χ1v) is 6.92. The van der Waals surface area contributed by atoms with Crippen molar-refractivity contribution in [1.82, 2.24) is 14.6 Å². The number of aromatic nitrogens is 3. The van der Waals surface area contributed by atoms with Crippen LogP contribution in [0.3, 0.4) is 0 Å². The highest BCUT2D eigenvalue weighted by molar-refractivity contribution is 5.45. The van der Waals surface area contributed by atoms with Crippen LogP contribution in [-0.2, 0) is 0 Å². The van der Waals surface area contributed by atoms with Crippen LogP contribution >= 0.6 is 0 Å². The predicted molar refractivity (Wildman–Crippen MR) is 72.6 cm³/mol. The third kappa shape index (κ3) is 2.33. The van der Waals surface area contributed by atoms with E-state index in [4.69, 9.17) is 0 Å². The molecule has 18 heavy (non-hydrogen) atoms. The Morgan fingerprint density at radius 1 is 1.39 bits per heavy atom. The fourth-order valence-corrected chi connectivity index (χ4v) is 2.89. The van der Waals surface area contributed by atoms with Crippen molar-refractivity contribution in [3.8, 4) is 0 Å². The fourth-order valence-electron chi connectivity index (χ4n) is 2.89. The third-order valence-corrected chi connectivity index (χ3v) is 3.97. The van der Waals surface area contributed by atoms with Gasteiger partial charge in [-0.2, -0.15) is 5.10 Å². The zero-order valence-corrected chi connectivity index (χ0v) is 10.8. The van der Waals surface area contributed by atoms with Gasteiger partial charge in [-0.3, -0.25) is 0 Å². The molecule has 3 rings (SSSR count). The SMILES string of the molecule is CCC1CCCC(Nc2ccn3nccc3n2)C1. The first-order valence-electron chi connectivity index (χ1n) is 6.92. The van der Waals surface area contributed by atoms with Crippen LogP contribution in [0, 0.1) is 5.92 Å². The molecule has 4 heteroatoms. The molecule has 0 aromatic carbocycles. The molecule has 0 radical (unpaired) electrons. The first-order chi connectivity index (χ1) is 8.85. The van der Waals surface area contributed by atoms with Crippen LogP contribution in [0.4, 0.5) is 5.82 Å². The second-order valence-corrected chi connectivity index (χ2v) is 5.23. The molecule has 1 aliphatic carbocycles. The van der Waals surface area contributed by atoms with Crippen LogP contribution in [0.2, 0.25) is 0 Å². The van der Waals surface area contributed by atoms with Crippen LogP contribution in [0.25, 0.3) is 5.65 Å². The molecule has 0 spiro atoms. The van der Waals surface area contributed by atoms with Gasteiger partial charge in [0.05, 0.1) is 6.20 Å². The van der Waals surface area contributed by atoms with E-state index < -0.39 is 0 Å². The van der Waals surface area contributed by atoms with E-state index in [1.807, 2.05) is 18.3 Å². The van der Waals surface area contributed by atoms with Gasteiger partial charge in [-0.05, 0) is 24.8 Å². The Hall–Kier alpha value is -1.58. The molecule has 96 valence electrons. The molecule has 1 saturated carbocycles. The molecule has 2 aromatic rings. The summed E-state index contributed by atoms with van der Waals surface area (Å²) >= 11 is 0.